The van der Waals surface area contributed by atoms with Crippen LogP contribution < -0.4 is 5.32 Å². The first kappa shape index (κ1) is 9.64. The van der Waals surface area contributed by atoms with E-state index >= 15 is 0 Å². The van der Waals surface area contributed by atoms with Crippen LogP contribution in [0.4, 0.5) is 0 Å². The van der Waals surface area contributed by atoms with Crippen molar-refractivity contribution >= 4 is 5.91 Å². The van der Waals surface area contributed by atoms with Crippen LogP contribution in [0.3, 0.4) is 0 Å². The van der Waals surface area contributed by atoms with E-state index in [1.807, 2.05) is 0 Å². The maximum Gasteiger partial charge on any atom is 0.225 e. The second-order valence-electron chi connectivity index (χ2n) is 5.39. The predicted molar refractivity (Wildman–Crippen MR) is 58.4 cm³/mol. The molecule has 1 N–H and O–H groups in total. The minimum absolute atomic E-state index is 0.426. The fourth-order valence-corrected chi connectivity index (χ4v) is 3.11. The van der Waals surface area contributed by atoms with Crippen LogP contribution in [0.2, 0.25) is 0 Å². The monoisotopic (exact) mass is 208 g/mol. The molecule has 1 amide bonds. The number of piperidine rings is 2. The smallest absolute Gasteiger partial charge is 0.225 e. The van der Waals surface area contributed by atoms with Gasteiger partial charge in [0.2, 0.25) is 5.91 Å². The van der Waals surface area contributed by atoms with Gasteiger partial charge in [-0.1, -0.05) is 0 Å². The van der Waals surface area contributed by atoms with Gasteiger partial charge in [0.05, 0.1) is 0 Å². The van der Waals surface area contributed by atoms with E-state index in [1.54, 1.807) is 0 Å². The Kier molecular flexibility index (Phi) is 2.43. The summed E-state index contributed by atoms with van der Waals surface area (Å²) >= 11 is 0. The van der Waals surface area contributed by atoms with Gasteiger partial charge in [0, 0.05) is 19.0 Å². The topological polar surface area (TPSA) is 32.3 Å². The van der Waals surface area contributed by atoms with Crippen molar-refractivity contribution < 1.29 is 4.79 Å². The van der Waals surface area contributed by atoms with E-state index in [2.05, 4.69) is 10.2 Å². The third-order valence-corrected chi connectivity index (χ3v) is 4.20. The van der Waals surface area contributed by atoms with E-state index in [-0.39, 0.29) is 0 Å². The second-order valence-corrected chi connectivity index (χ2v) is 5.39. The van der Waals surface area contributed by atoms with E-state index in [0.717, 1.165) is 32.1 Å². The molecule has 3 atom stereocenters. The van der Waals surface area contributed by atoms with Crippen LogP contribution in [0.15, 0.2) is 0 Å². The molecule has 0 aromatic carbocycles. The van der Waals surface area contributed by atoms with Crippen molar-refractivity contribution in [1.29, 1.82) is 0 Å². The van der Waals surface area contributed by atoms with Gasteiger partial charge < -0.3 is 10.2 Å². The molecule has 1 aliphatic carbocycles. The molecule has 15 heavy (non-hydrogen) atoms. The number of nitrogens with one attached hydrogen (secondary N) is 1. The molecule has 0 bridgehead atoms. The van der Waals surface area contributed by atoms with Crippen LogP contribution in [0.5, 0.6) is 0 Å². The molecular formula is C12H20N2O. The summed E-state index contributed by atoms with van der Waals surface area (Å²) in [5, 5.41) is 3.42. The molecule has 0 spiro atoms. The van der Waals surface area contributed by atoms with E-state index in [0.29, 0.717) is 17.7 Å². The molecule has 3 heteroatoms. The number of hydrogen-bond donors (Lipinski definition) is 1. The van der Waals surface area contributed by atoms with E-state index < -0.39 is 0 Å². The molecule has 3 rings (SSSR count). The summed E-state index contributed by atoms with van der Waals surface area (Å²) in [6.45, 7) is 4.30. The van der Waals surface area contributed by atoms with Gasteiger partial charge in [0.25, 0.3) is 0 Å². The first-order valence-electron chi connectivity index (χ1n) is 6.34. The van der Waals surface area contributed by atoms with Crippen LogP contribution in [0.1, 0.15) is 25.7 Å². The van der Waals surface area contributed by atoms with Crippen molar-refractivity contribution in [2.45, 2.75) is 25.7 Å². The van der Waals surface area contributed by atoms with Crippen molar-refractivity contribution in [3.05, 3.63) is 0 Å². The predicted octanol–water partition coefficient (Wildman–Crippen LogP) is 0.854. The van der Waals surface area contributed by atoms with Gasteiger partial charge >= 0.3 is 0 Å². The van der Waals surface area contributed by atoms with Crippen molar-refractivity contribution in [2.75, 3.05) is 26.2 Å². The molecule has 3 fully saturated rings. The number of carbonyl (C=O) groups excluding carboxylic acids is 1. The zero-order chi connectivity index (χ0) is 10.3. The third-order valence-electron chi connectivity index (χ3n) is 4.20. The maximum absolute atomic E-state index is 11.9. The quantitative estimate of drug-likeness (QED) is 0.730. The molecule has 1 saturated carbocycles. The molecule has 3 nitrogen and oxygen atoms in total. The lowest BCUT2D eigenvalue weighted by Gasteiger charge is -2.32. The average molecular weight is 208 g/mol. The van der Waals surface area contributed by atoms with E-state index in [1.165, 1.54) is 25.7 Å². The highest BCUT2D eigenvalue weighted by Crippen LogP contribution is 2.45. The van der Waals surface area contributed by atoms with Crippen molar-refractivity contribution in [3.63, 3.8) is 0 Å². The van der Waals surface area contributed by atoms with E-state index in [4.69, 9.17) is 0 Å². The number of hydrogen-bond acceptors (Lipinski definition) is 2. The highest BCUT2D eigenvalue weighted by Gasteiger charge is 2.48. The Morgan fingerprint density at radius 1 is 1.40 bits per heavy atom. The lowest BCUT2D eigenvalue weighted by atomic mass is 9.98. The van der Waals surface area contributed by atoms with Crippen LogP contribution in [0.25, 0.3) is 0 Å². The molecule has 0 radical (unpaired) electrons. The number of rotatable bonds is 2. The van der Waals surface area contributed by atoms with Gasteiger partial charge in [-0.05, 0) is 50.6 Å². The Balaban J connectivity index is 1.55. The second kappa shape index (κ2) is 3.78. The largest absolute Gasteiger partial charge is 0.342 e. The van der Waals surface area contributed by atoms with Crippen LogP contribution in [-0.2, 0) is 4.79 Å². The summed E-state index contributed by atoms with van der Waals surface area (Å²) in [5.74, 6) is 2.35. The first-order chi connectivity index (χ1) is 7.34. The lowest BCUT2D eigenvalue weighted by Crippen LogP contribution is -2.44. The van der Waals surface area contributed by atoms with Gasteiger partial charge in [0.1, 0.15) is 0 Å². The van der Waals surface area contributed by atoms with Crippen LogP contribution in [0, 0.1) is 17.8 Å². The van der Waals surface area contributed by atoms with Gasteiger partial charge in [0.15, 0.2) is 0 Å². The Bertz CT molecular complexity index is 260. The average Bonchev–Trinajstić information content (AvgIpc) is 3.04. The van der Waals surface area contributed by atoms with Gasteiger partial charge in [-0.15, -0.1) is 0 Å². The SMILES string of the molecule is O=C1C2CC2CCN1CC1CCCNC1. The fraction of sp³-hybridized carbons (Fsp3) is 0.917. The highest BCUT2D eigenvalue weighted by atomic mass is 16.2. The van der Waals surface area contributed by atoms with Crippen molar-refractivity contribution in [1.82, 2.24) is 10.2 Å². The zero-order valence-electron chi connectivity index (χ0n) is 9.24. The fourth-order valence-electron chi connectivity index (χ4n) is 3.11. The number of likely N-dealkylation sites (tertiary alicyclic amines) is 1. The maximum atomic E-state index is 11.9. The van der Waals surface area contributed by atoms with Crippen LogP contribution in [-0.4, -0.2) is 37.0 Å². The summed E-state index contributed by atoms with van der Waals surface area (Å²) in [4.78, 5) is 14.1. The Labute approximate surface area is 91.2 Å². The molecule has 3 unspecified atom stereocenters. The number of amides is 1. The summed E-state index contributed by atoms with van der Waals surface area (Å²) in [7, 11) is 0. The Morgan fingerprint density at radius 2 is 2.33 bits per heavy atom. The number of nitrogens with zero attached hydrogens (tertiary/aromatic N) is 1. The first-order valence-corrected chi connectivity index (χ1v) is 6.34. The molecule has 3 aliphatic rings. The van der Waals surface area contributed by atoms with E-state index in [9.17, 15) is 4.79 Å². The number of carbonyl (C=O) groups is 1. The third kappa shape index (κ3) is 1.89. The Hall–Kier alpha value is -0.570. The molecular weight excluding hydrogens is 188 g/mol. The highest BCUT2D eigenvalue weighted by molar-refractivity contribution is 5.82. The molecule has 0 aromatic rings. The molecule has 2 heterocycles. The molecule has 2 saturated heterocycles. The molecule has 2 aliphatic heterocycles. The summed E-state index contributed by atoms with van der Waals surface area (Å²) < 4.78 is 0. The Morgan fingerprint density at radius 3 is 3.13 bits per heavy atom. The minimum atomic E-state index is 0.426. The standard InChI is InChI=1S/C12H20N2O/c15-12-11-6-10(11)3-5-14(12)8-9-2-1-4-13-7-9/h9-11,13H,1-8H2. The van der Waals surface area contributed by atoms with Gasteiger partial charge in [-0.3, -0.25) is 4.79 Å². The summed E-state index contributed by atoms with van der Waals surface area (Å²) in [5.41, 5.74) is 0. The molecule has 84 valence electrons. The molecule has 0 aromatic heterocycles. The summed E-state index contributed by atoms with van der Waals surface area (Å²) in [6, 6.07) is 0. The van der Waals surface area contributed by atoms with Crippen molar-refractivity contribution in [3.8, 4) is 0 Å². The summed E-state index contributed by atoms with van der Waals surface area (Å²) in [6.07, 6.45) is 5.01. The zero-order valence-corrected chi connectivity index (χ0v) is 9.24. The van der Waals surface area contributed by atoms with Crippen LogP contribution >= 0.6 is 0 Å². The van der Waals surface area contributed by atoms with Gasteiger partial charge in [-0.25, -0.2) is 0 Å². The minimum Gasteiger partial charge on any atom is -0.342 e. The van der Waals surface area contributed by atoms with Gasteiger partial charge in [-0.2, -0.15) is 0 Å². The van der Waals surface area contributed by atoms with Crippen molar-refractivity contribution in [2.24, 2.45) is 17.8 Å². The normalized spacial score (nSPS) is 40.1. The number of fused-ring (bicyclic) bond motifs is 1. The lowest BCUT2D eigenvalue weighted by molar-refractivity contribution is -0.135.